The third-order valence-electron chi connectivity index (χ3n) is 2.63. The van der Waals surface area contributed by atoms with Gasteiger partial charge in [0.2, 0.25) is 0 Å². The average molecular weight is 262 g/mol. The molecule has 3 rings (SSSR count). The van der Waals surface area contributed by atoms with Gasteiger partial charge in [0.25, 0.3) is 5.56 Å². The van der Waals surface area contributed by atoms with Gasteiger partial charge in [-0.1, -0.05) is 0 Å². The highest BCUT2D eigenvalue weighted by Gasteiger charge is 2.07. The van der Waals surface area contributed by atoms with Crippen molar-refractivity contribution in [1.82, 2.24) is 19.5 Å². The molecule has 2 N–H and O–H groups in total. The second-order valence-electron chi connectivity index (χ2n) is 3.78. The van der Waals surface area contributed by atoms with Crippen molar-refractivity contribution in [3.05, 3.63) is 45.8 Å². The van der Waals surface area contributed by atoms with E-state index in [1.807, 2.05) is 11.4 Å². The van der Waals surface area contributed by atoms with Crippen molar-refractivity contribution < 1.29 is 5.11 Å². The lowest BCUT2D eigenvalue weighted by Gasteiger charge is -2.05. The molecular formula is C11H10N4O2S. The van der Waals surface area contributed by atoms with Gasteiger partial charge in [0.15, 0.2) is 0 Å². The number of nitrogens with zero attached hydrogens (tertiary/aromatic N) is 3. The fourth-order valence-electron chi connectivity index (χ4n) is 1.79. The van der Waals surface area contributed by atoms with Crippen LogP contribution in [-0.4, -0.2) is 24.6 Å². The number of thiophene rings is 1. The van der Waals surface area contributed by atoms with E-state index in [-0.39, 0.29) is 12.2 Å². The molecule has 0 aliphatic heterocycles. The van der Waals surface area contributed by atoms with Crippen LogP contribution in [0.2, 0.25) is 0 Å². The van der Waals surface area contributed by atoms with Gasteiger partial charge in [0, 0.05) is 12.4 Å². The highest BCUT2D eigenvalue weighted by Crippen LogP contribution is 2.14. The van der Waals surface area contributed by atoms with Crippen molar-refractivity contribution in [2.75, 3.05) is 0 Å². The number of imidazole rings is 1. The standard InChI is InChI=1S/C11H10N4O2S/c16-6-9-12-2-3-15(9)5-8-13-7-1-4-18-10(7)11(17)14-8/h1-4,16H,5-6H2,(H,13,14,17). The number of nitrogens with one attached hydrogen (secondary N) is 1. The molecule has 7 heteroatoms. The van der Waals surface area contributed by atoms with E-state index >= 15 is 0 Å². The van der Waals surface area contributed by atoms with Crippen molar-refractivity contribution >= 4 is 21.6 Å². The van der Waals surface area contributed by atoms with Crippen LogP contribution in [0.3, 0.4) is 0 Å². The number of aliphatic hydroxyl groups is 1. The third kappa shape index (κ3) is 1.83. The smallest absolute Gasteiger partial charge is 0.268 e. The molecule has 0 aliphatic rings. The van der Waals surface area contributed by atoms with Crippen LogP contribution in [0.5, 0.6) is 0 Å². The Morgan fingerprint density at radius 1 is 1.50 bits per heavy atom. The maximum atomic E-state index is 11.8. The van der Waals surface area contributed by atoms with E-state index in [4.69, 9.17) is 5.11 Å². The average Bonchev–Trinajstić information content (AvgIpc) is 2.97. The fourth-order valence-corrected chi connectivity index (χ4v) is 2.52. The molecule has 6 nitrogen and oxygen atoms in total. The summed E-state index contributed by atoms with van der Waals surface area (Å²) in [7, 11) is 0. The van der Waals surface area contributed by atoms with Gasteiger partial charge in [-0.2, -0.15) is 0 Å². The van der Waals surface area contributed by atoms with Crippen LogP contribution < -0.4 is 5.56 Å². The summed E-state index contributed by atoms with van der Waals surface area (Å²) in [5.41, 5.74) is 0.570. The molecular weight excluding hydrogens is 252 g/mol. The van der Waals surface area contributed by atoms with Crippen molar-refractivity contribution in [2.45, 2.75) is 13.2 Å². The highest BCUT2D eigenvalue weighted by atomic mass is 32.1. The predicted octanol–water partition coefficient (Wildman–Crippen LogP) is 0.722. The first-order valence-corrected chi connectivity index (χ1v) is 6.23. The minimum atomic E-state index is -0.141. The number of rotatable bonds is 3. The van der Waals surface area contributed by atoms with Crippen molar-refractivity contribution in [3.63, 3.8) is 0 Å². The molecule has 3 aromatic heterocycles. The van der Waals surface area contributed by atoms with Gasteiger partial charge in [-0.3, -0.25) is 4.79 Å². The molecule has 3 heterocycles. The Kier molecular flexibility index (Phi) is 2.69. The number of hydrogen-bond acceptors (Lipinski definition) is 5. The van der Waals surface area contributed by atoms with Crippen LogP contribution in [0.4, 0.5) is 0 Å². The molecule has 3 aromatic rings. The number of fused-ring (bicyclic) bond motifs is 1. The largest absolute Gasteiger partial charge is 0.388 e. The summed E-state index contributed by atoms with van der Waals surface area (Å²) in [5.74, 6) is 1.10. The summed E-state index contributed by atoms with van der Waals surface area (Å²) in [4.78, 5) is 22.9. The second-order valence-corrected chi connectivity index (χ2v) is 4.69. The molecule has 0 fully saturated rings. The Morgan fingerprint density at radius 2 is 2.39 bits per heavy atom. The first kappa shape index (κ1) is 11.1. The number of aliphatic hydroxyl groups excluding tert-OH is 1. The van der Waals surface area contributed by atoms with Crippen LogP contribution in [0.25, 0.3) is 10.2 Å². The molecule has 0 atom stereocenters. The van der Waals surface area contributed by atoms with Gasteiger partial charge in [0.05, 0.1) is 12.1 Å². The molecule has 0 saturated carbocycles. The highest BCUT2D eigenvalue weighted by molar-refractivity contribution is 7.17. The monoisotopic (exact) mass is 262 g/mol. The Bertz CT molecular complexity index is 743. The maximum Gasteiger partial charge on any atom is 0.268 e. The van der Waals surface area contributed by atoms with Crippen LogP contribution in [-0.2, 0) is 13.2 Å². The van der Waals surface area contributed by atoms with E-state index in [0.29, 0.717) is 28.4 Å². The summed E-state index contributed by atoms with van der Waals surface area (Å²) >= 11 is 1.37. The molecule has 0 aliphatic carbocycles. The van der Waals surface area contributed by atoms with Crippen LogP contribution >= 0.6 is 11.3 Å². The van der Waals surface area contributed by atoms with Crippen molar-refractivity contribution in [3.8, 4) is 0 Å². The van der Waals surface area contributed by atoms with Gasteiger partial charge >= 0.3 is 0 Å². The van der Waals surface area contributed by atoms with E-state index in [9.17, 15) is 4.79 Å². The van der Waals surface area contributed by atoms with Gasteiger partial charge < -0.3 is 14.7 Å². The zero-order valence-electron chi connectivity index (χ0n) is 9.33. The number of hydrogen-bond donors (Lipinski definition) is 2. The first-order valence-electron chi connectivity index (χ1n) is 5.35. The lowest BCUT2D eigenvalue weighted by molar-refractivity contribution is 0.266. The first-order chi connectivity index (χ1) is 8.78. The summed E-state index contributed by atoms with van der Waals surface area (Å²) in [6, 6.07) is 1.82. The molecule has 0 spiro atoms. The Morgan fingerprint density at radius 3 is 3.22 bits per heavy atom. The lowest BCUT2D eigenvalue weighted by atomic mass is 10.4. The quantitative estimate of drug-likeness (QED) is 0.728. The van der Waals surface area contributed by atoms with Crippen molar-refractivity contribution in [1.29, 1.82) is 0 Å². The van der Waals surface area contributed by atoms with E-state index in [2.05, 4.69) is 15.0 Å². The number of H-pyrrole nitrogens is 1. The van der Waals surface area contributed by atoms with E-state index in [1.54, 1.807) is 17.0 Å². The zero-order chi connectivity index (χ0) is 12.5. The summed E-state index contributed by atoms with van der Waals surface area (Å²) < 4.78 is 2.38. The van der Waals surface area contributed by atoms with Gasteiger partial charge in [-0.15, -0.1) is 11.3 Å². The molecule has 0 amide bonds. The maximum absolute atomic E-state index is 11.8. The van der Waals surface area contributed by atoms with Gasteiger partial charge in [-0.05, 0) is 11.4 Å². The van der Waals surface area contributed by atoms with Crippen LogP contribution in [0.1, 0.15) is 11.6 Å². The molecule has 0 bridgehead atoms. The number of aromatic nitrogens is 4. The fraction of sp³-hybridized carbons (Fsp3) is 0.182. The van der Waals surface area contributed by atoms with E-state index in [1.165, 1.54) is 11.3 Å². The summed E-state index contributed by atoms with van der Waals surface area (Å²) in [6.07, 6.45) is 3.34. The molecule has 0 unspecified atom stereocenters. The van der Waals surface area contributed by atoms with E-state index in [0.717, 1.165) is 0 Å². The molecule has 0 aromatic carbocycles. The second kappa shape index (κ2) is 4.35. The topological polar surface area (TPSA) is 83.8 Å². The predicted molar refractivity (Wildman–Crippen MR) is 67.5 cm³/mol. The van der Waals surface area contributed by atoms with Gasteiger partial charge in [-0.25, -0.2) is 9.97 Å². The van der Waals surface area contributed by atoms with E-state index < -0.39 is 0 Å². The summed E-state index contributed by atoms with van der Waals surface area (Å²) in [5, 5.41) is 10.9. The molecule has 0 radical (unpaired) electrons. The molecule has 18 heavy (non-hydrogen) atoms. The Labute approximate surface area is 106 Å². The molecule has 92 valence electrons. The minimum absolute atomic E-state index is 0.129. The Balaban J connectivity index is 2.02. The van der Waals surface area contributed by atoms with Gasteiger partial charge in [0.1, 0.15) is 23.0 Å². The SMILES string of the molecule is O=c1[nH]c(Cn2ccnc2CO)nc2ccsc12. The zero-order valence-corrected chi connectivity index (χ0v) is 10.1. The van der Waals surface area contributed by atoms with Crippen LogP contribution in [0, 0.1) is 0 Å². The number of aromatic amines is 1. The summed E-state index contributed by atoms with van der Waals surface area (Å²) in [6.45, 7) is 0.245. The Hall–Kier alpha value is -1.99. The normalized spacial score (nSPS) is 11.2. The third-order valence-corrected chi connectivity index (χ3v) is 3.53. The van der Waals surface area contributed by atoms with Crippen LogP contribution in [0.15, 0.2) is 28.6 Å². The molecule has 0 saturated heterocycles. The minimum Gasteiger partial charge on any atom is -0.388 e. The lowest BCUT2D eigenvalue weighted by Crippen LogP contribution is -2.14. The van der Waals surface area contributed by atoms with Crippen molar-refractivity contribution in [2.24, 2.45) is 0 Å².